The van der Waals surface area contributed by atoms with Crippen LogP contribution >= 0.6 is 11.6 Å². The molecule has 4 rings (SSSR count). The lowest BCUT2D eigenvalue weighted by molar-refractivity contribution is 0.0875. The van der Waals surface area contributed by atoms with Crippen LogP contribution in [0.4, 0.5) is 8.78 Å². The molecular formula is C23H20ClF2N3O4. The zero-order chi connectivity index (χ0) is 23.5. The van der Waals surface area contributed by atoms with Crippen LogP contribution in [0.1, 0.15) is 16.8 Å². The molecule has 1 amide bonds. The third-order valence-corrected chi connectivity index (χ3v) is 5.78. The number of aliphatic hydroxyl groups excluding tert-OH is 1. The van der Waals surface area contributed by atoms with Crippen LogP contribution in [0, 0.1) is 17.6 Å². The van der Waals surface area contributed by atoms with Gasteiger partial charge in [-0.1, -0.05) is 23.7 Å². The molecule has 0 radical (unpaired) electrons. The van der Waals surface area contributed by atoms with Crippen LogP contribution in [0.5, 0.6) is 0 Å². The minimum Gasteiger partial charge on any atom is -0.394 e. The molecule has 2 atom stereocenters. The van der Waals surface area contributed by atoms with Crippen LogP contribution in [0.15, 0.2) is 53.3 Å². The summed E-state index contributed by atoms with van der Waals surface area (Å²) >= 11 is 5.76. The predicted molar refractivity (Wildman–Crippen MR) is 117 cm³/mol. The van der Waals surface area contributed by atoms with Crippen molar-refractivity contribution in [1.82, 2.24) is 15.1 Å². The molecule has 10 heteroatoms. The predicted octanol–water partition coefficient (Wildman–Crippen LogP) is 2.96. The molecular weight excluding hydrogens is 456 g/mol. The van der Waals surface area contributed by atoms with Gasteiger partial charge in [-0.25, -0.2) is 8.78 Å². The SMILES string of the molecule is O=C(NC(CO)[C@H]1CCOC1)c1cc(-c2ccc(Cl)c(F)c2)nn(-c2cccc(F)c2)c1=O. The van der Waals surface area contributed by atoms with Gasteiger partial charge >= 0.3 is 0 Å². The number of rotatable bonds is 6. The van der Waals surface area contributed by atoms with Gasteiger partial charge in [0.05, 0.1) is 35.7 Å². The second-order valence-corrected chi connectivity index (χ2v) is 8.06. The standard InChI is InChI=1S/C23H20ClF2N3O4/c24-18-5-4-13(8-19(18)26)20-10-17(22(31)27-21(11-30)14-6-7-33-12-14)23(32)29(28-20)16-3-1-2-15(25)9-16/h1-5,8-10,14,21,30H,6-7,11-12H2,(H,27,31)/t14-,21?/m0/s1. The summed E-state index contributed by atoms with van der Waals surface area (Å²) in [5.74, 6) is -2.14. The Kier molecular flexibility index (Phi) is 6.83. The van der Waals surface area contributed by atoms with Crippen molar-refractivity contribution in [1.29, 1.82) is 0 Å². The number of nitrogens with zero attached hydrogens (tertiary/aromatic N) is 2. The molecule has 1 aliphatic heterocycles. The maximum atomic E-state index is 14.1. The average Bonchev–Trinajstić information content (AvgIpc) is 3.34. The first-order valence-electron chi connectivity index (χ1n) is 10.2. The number of carbonyl (C=O) groups excluding carboxylic acids is 1. The molecule has 1 aliphatic rings. The summed E-state index contributed by atoms with van der Waals surface area (Å²) < 4.78 is 34.1. The van der Waals surface area contributed by atoms with E-state index in [-0.39, 0.29) is 40.1 Å². The van der Waals surface area contributed by atoms with Gasteiger partial charge in [-0.15, -0.1) is 0 Å². The van der Waals surface area contributed by atoms with Crippen LogP contribution in [0.3, 0.4) is 0 Å². The fraction of sp³-hybridized carbons (Fsp3) is 0.261. The molecule has 0 spiro atoms. The van der Waals surface area contributed by atoms with Crippen LogP contribution in [0.2, 0.25) is 5.02 Å². The van der Waals surface area contributed by atoms with E-state index in [2.05, 4.69) is 10.4 Å². The van der Waals surface area contributed by atoms with Gasteiger partial charge in [-0.3, -0.25) is 9.59 Å². The highest BCUT2D eigenvalue weighted by molar-refractivity contribution is 6.30. The first-order chi connectivity index (χ1) is 15.9. The van der Waals surface area contributed by atoms with Crippen LogP contribution in [-0.2, 0) is 4.74 Å². The Morgan fingerprint density at radius 1 is 1.27 bits per heavy atom. The van der Waals surface area contributed by atoms with Crippen molar-refractivity contribution in [2.24, 2.45) is 5.92 Å². The van der Waals surface area contributed by atoms with E-state index in [4.69, 9.17) is 16.3 Å². The summed E-state index contributed by atoms with van der Waals surface area (Å²) in [6.45, 7) is 0.563. The molecule has 1 aromatic heterocycles. The molecule has 0 aliphatic carbocycles. The summed E-state index contributed by atoms with van der Waals surface area (Å²) in [4.78, 5) is 26.2. The first kappa shape index (κ1) is 23.0. The molecule has 33 heavy (non-hydrogen) atoms. The van der Waals surface area contributed by atoms with Gasteiger partial charge in [0.1, 0.15) is 17.2 Å². The maximum absolute atomic E-state index is 14.1. The van der Waals surface area contributed by atoms with Crippen molar-refractivity contribution in [3.63, 3.8) is 0 Å². The number of halogens is 3. The Balaban J connectivity index is 1.81. The molecule has 7 nitrogen and oxygen atoms in total. The zero-order valence-corrected chi connectivity index (χ0v) is 18.1. The Morgan fingerprint density at radius 2 is 2.09 bits per heavy atom. The zero-order valence-electron chi connectivity index (χ0n) is 17.3. The second-order valence-electron chi connectivity index (χ2n) is 7.66. The van der Waals surface area contributed by atoms with Crippen molar-refractivity contribution in [2.75, 3.05) is 19.8 Å². The smallest absolute Gasteiger partial charge is 0.284 e. The van der Waals surface area contributed by atoms with Gasteiger partial charge in [-0.2, -0.15) is 9.78 Å². The lowest BCUT2D eigenvalue weighted by atomic mass is 9.99. The molecule has 2 aromatic carbocycles. The highest BCUT2D eigenvalue weighted by Crippen LogP contribution is 2.24. The lowest BCUT2D eigenvalue weighted by Crippen LogP contribution is -2.45. The minimum absolute atomic E-state index is 0.0910. The van der Waals surface area contributed by atoms with Gasteiger partial charge in [0, 0.05) is 18.1 Å². The van der Waals surface area contributed by atoms with E-state index in [0.29, 0.717) is 19.6 Å². The van der Waals surface area contributed by atoms with Crippen LogP contribution < -0.4 is 10.9 Å². The Morgan fingerprint density at radius 3 is 2.76 bits per heavy atom. The van der Waals surface area contributed by atoms with E-state index >= 15 is 0 Å². The number of hydrogen-bond acceptors (Lipinski definition) is 5. The molecule has 0 saturated carbocycles. The minimum atomic E-state index is -0.796. The third kappa shape index (κ3) is 4.95. The van der Waals surface area contributed by atoms with E-state index < -0.39 is 29.1 Å². The van der Waals surface area contributed by atoms with Crippen molar-refractivity contribution in [3.8, 4) is 16.9 Å². The van der Waals surface area contributed by atoms with Crippen molar-refractivity contribution < 1.29 is 23.4 Å². The maximum Gasteiger partial charge on any atom is 0.284 e. The van der Waals surface area contributed by atoms with Gasteiger partial charge in [0.2, 0.25) is 0 Å². The van der Waals surface area contributed by atoms with Crippen molar-refractivity contribution >= 4 is 17.5 Å². The Hall–Kier alpha value is -3.14. The largest absolute Gasteiger partial charge is 0.394 e. The number of aliphatic hydroxyl groups is 1. The number of ether oxygens (including phenoxy) is 1. The average molecular weight is 476 g/mol. The quantitative estimate of drug-likeness (QED) is 0.572. The molecule has 2 N–H and O–H groups in total. The first-order valence-corrected chi connectivity index (χ1v) is 10.6. The third-order valence-electron chi connectivity index (χ3n) is 5.47. The molecule has 0 bridgehead atoms. The summed E-state index contributed by atoms with van der Waals surface area (Å²) in [5.41, 5.74) is -0.635. The van der Waals surface area contributed by atoms with E-state index in [1.54, 1.807) is 0 Å². The number of hydrogen-bond donors (Lipinski definition) is 2. The molecule has 172 valence electrons. The van der Waals surface area contributed by atoms with E-state index in [1.807, 2.05) is 0 Å². The molecule has 3 aromatic rings. The number of amides is 1. The fourth-order valence-corrected chi connectivity index (χ4v) is 3.78. The summed E-state index contributed by atoms with van der Waals surface area (Å²) in [5, 5.41) is 16.5. The van der Waals surface area contributed by atoms with E-state index in [0.717, 1.165) is 16.8 Å². The Bertz CT molecular complexity index is 1240. The second kappa shape index (κ2) is 9.78. The van der Waals surface area contributed by atoms with Crippen molar-refractivity contribution in [3.05, 3.63) is 81.1 Å². The number of carbonyl (C=O) groups is 1. The molecule has 1 fully saturated rings. The summed E-state index contributed by atoms with van der Waals surface area (Å²) in [7, 11) is 0. The van der Waals surface area contributed by atoms with Crippen LogP contribution in [-0.4, -0.2) is 46.7 Å². The van der Waals surface area contributed by atoms with Crippen molar-refractivity contribution in [2.45, 2.75) is 12.5 Å². The summed E-state index contributed by atoms with van der Waals surface area (Å²) in [6.07, 6.45) is 0.657. The molecule has 2 heterocycles. The monoisotopic (exact) mass is 475 g/mol. The molecule has 1 saturated heterocycles. The summed E-state index contributed by atoms with van der Waals surface area (Å²) in [6, 6.07) is 9.70. The van der Waals surface area contributed by atoms with Gasteiger partial charge in [0.15, 0.2) is 0 Å². The van der Waals surface area contributed by atoms with Gasteiger partial charge in [-0.05, 0) is 42.8 Å². The van der Waals surface area contributed by atoms with Crippen LogP contribution in [0.25, 0.3) is 16.9 Å². The fourth-order valence-electron chi connectivity index (χ4n) is 3.67. The molecule has 1 unspecified atom stereocenters. The lowest BCUT2D eigenvalue weighted by Gasteiger charge is -2.21. The van der Waals surface area contributed by atoms with E-state index in [1.165, 1.54) is 36.4 Å². The number of nitrogens with one attached hydrogen (secondary N) is 1. The number of aromatic nitrogens is 2. The highest BCUT2D eigenvalue weighted by atomic mass is 35.5. The highest BCUT2D eigenvalue weighted by Gasteiger charge is 2.28. The van der Waals surface area contributed by atoms with Gasteiger partial charge < -0.3 is 15.2 Å². The Labute approximate surface area is 192 Å². The topological polar surface area (TPSA) is 93.4 Å². The number of benzene rings is 2. The normalized spacial score (nSPS) is 16.5. The van der Waals surface area contributed by atoms with Gasteiger partial charge in [0.25, 0.3) is 11.5 Å². The van der Waals surface area contributed by atoms with E-state index in [9.17, 15) is 23.5 Å².